The Bertz CT molecular complexity index is 363. The Morgan fingerprint density at radius 2 is 2.05 bits per heavy atom. The lowest BCUT2D eigenvalue weighted by Crippen LogP contribution is -2.38. The zero-order valence-corrected chi connectivity index (χ0v) is 12.8. The number of fused-ring (bicyclic) bond motifs is 2. The maximum Gasteiger partial charge on any atom is 0.0877 e. The van der Waals surface area contributed by atoms with Gasteiger partial charge >= 0.3 is 0 Å². The molecule has 0 spiro atoms. The van der Waals surface area contributed by atoms with Crippen LogP contribution in [0.2, 0.25) is 0 Å². The summed E-state index contributed by atoms with van der Waals surface area (Å²) in [4.78, 5) is 0.182. The number of aliphatic hydroxyl groups is 1. The molecule has 6 atom stereocenters. The van der Waals surface area contributed by atoms with Gasteiger partial charge in [-0.15, -0.1) is 6.42 Å². The van der Waals surface area contributed by atoms with Crippen LogP contribution >= 0.6 is 15.9 Å². The summed E-state index contributed by atoms with van der Waals surface area (Å²) in [6.07, 6.45) is 11.6. The van der Waals surface area contributed by atoms with E-state index in [4.69, 9.17) is 15.9 Å². The molecule has 106 valence electrons. The van der Waals surface area contributed by atoms with Crippen molar-refractivity contribution in [3.63, 3.8) is 0 Å². The molecule has 2 aliphatic rings. The normalized spacial score (nSPS) is 42.8. The van der Waals surface area contributed by atoms with Crippen LogP contribution in [0.1, 0.15) is 32.6 Å². The Kier molecular flexibility index (Phi) is 5.47. The largest absolute Gasteiger partial charge is 0.390 e. The lowest BCUT2D eigenvalue weighted by molar-refractivity contribution is -0.0532. The van der Waals surface area contributed by atoms with Crippen LogP contribution in [0.4, 0.5) is 0 Å². The van der Waals surface area contributed by atoms with Gasteiger partial charge in [-0.1, -0.05) is 34.9 Å². The highest BCUT2D eigenvalue weighted by molar-refractivity contribution is 9.09. The van der Waals surface area contributed by atoms with Gasteiger partial charge in [0, 0.05) is 11.2 Å². The van der Waals surface area contributed by atoms with Crippen molar-refractivity contribution < 1.29 is 14.6 Å². The Balaban J connectivity index is 2.07. The number of aliphatic hydroxyl groups excluding tert-OH is 1. The summed E-state index contributed by atoms with van der Waals surface area (Å²) in [7, 11) is 0. The van der Waals surface area contributed by atoms with Crippen molar-refractivity contribution in [3.05, 3.63) is 12.2 Å². The summed E-state index contributed by atoms with van der Waals surface area (Å²) in [5, 5.41) is 10.2. The summed E-state index contributed by atoms with van der Waals surface area (Å²) < 4.78 is 12.1. The number of hydrogen-bond acceptors (Lipinski definition) is 3. The van der Waals surface area contributed by atoms with E-state index in [9.17, 15) is 5.11 Å². The third-order valence-corrected chi connectivity index (χ3v) is 4.83. The predicted molar refractivity (Wildman–Crippen MR) is 78.2 cm³/mol. The molecule has 2 saturated heterocycles. The van der Waals surface area contributed by atoms with Gasteiger partial charge in [0.05, 0.1) is 30.5 Å². The van der Waals surface area contributed by atoms with Gasteiger partial charge in [-0.3, -0.25) is 0 Å². The van der Waals surface area contributed by atoms with Gasteiger partial charge in [0.15, 0.2) is 0 Å². The Morgan fingerprint density at radius 3 is 2.74 bits per heavy atom. The summed E-state index contributed by atoms with van der Waals surface area (Å²) in [5.74, 6) is 2.48. The van der Waals surface area contributed by atoms with Crippen molar-refractivity contribution in [2.75, 3.05) is 0 Å². The highest BCUT2D eigenvalue weighted by Gasteiger charge is 2.43. The number of allylic oxidation sites excluding steroid dienone is 1. The van der Waals surface area contributed by atoms with Crippen LogP contribution < -0.4 is 0 Å². The zero-order valence-electron chi connectivity index (χ0n) is 11.2. The van der Waals surface area contributed by atoms with Gasteiger partial charge in [0.2, 0.25) is 0 Å². The molecule has 1 N–H and O–H groups in total. The second-order valence-corrected chi connectivity index (χ2v) is 6.37. The minimum absolute atomic E-state index is 0.00361. The van der Waals surface area contributed by atoms with Crippen molar-refractivity contribution in [3.8, 4) is 12.3 Å². The fourth-order valence-electron chi connectivity index (χ4n) is 2.81. The Morgan fingerprint density at radius 1 is 1.32 bits per heavy atom. The first-order valence-corrected chi connectivity index (χ1v) is 7.81. The van der Waals surface area contributed by atoms with Gasteiger partial charge in [-0.25, -0.2) is 0 Å². The van der Waals surface area contributed by atoms with Gasteiger partial charge in [-0.2, -0.15) is 0 Å². The molecule has 0 aromatic rings. The third kappa shape index (κ3) is 3.61. The molecule has 19 heavy (non-hydrogen) atoms. The molecular formula is C15H21BrO3. The molecule has 0 radical (unpaired) electrons. The van der Waals surface area contributed by atoms with Crippen LogP contribution in [0, 0.1) is 12.3 Å². The fourth-order valence-corrected chi connectivity index (χ4v) is 3.69. The molecule has 2 bridgehead atoms. The van der Waals surface area contributed by atoms with Crippen molar-refractivity contribution in [1.82, 2.24) is 0 Å². The van der Waals surface area contributed by atoms with E-state index in [-0.39, 0.29) is 29.2 Å². The van der Waals surface area contributed by atoms with Crippen molar-refractivity contribution >= 4 is 15.9 Å². The molecule has 0 aromatic heterocycles. The van der Waals surface area contributed by atoms with E-state index in [1.807, 2.05) is 6.08 Å². The number of halogens is 1. The number of hydrogen-bond donors (Lipinski definition) is 1. The molecule has 1 unspecified atom stereocenters. The lowest BCUT2D eigenvalue weighted by Gasteiger charge is -2.30. The number of alkyl halides is 1. The SMILES string of the molecule is C#C/C=C/C[C@H]1O[C@@H]2CC1O[C@H](CC)[C@@H](Br)C[C@H]2O. The average Bonchev–Trinajstić information content (AvgIpc) is 2.79. The predicted octanol–water partition coefficient (Wildman–Crippen LogP) is 2.42. The molecule has 2 aliphatic heterocycles. The molecule has 0 aliphatic carbocycles. The summed E-state index contributed by atoms with van der Waals surface area (Å²) in [6.45, 7) is 2.10. The molecule has 3 nitrogen and oxygen atoms in total. The van der Waals surface area contributed by atoms with E-state index in [1.54, 1.807) is 6.08 Å². The quantitative estimate of drug-likeness (QED) is 0.638. The van der Waals surface area contributed by atoms with E-state index < -0.39 is 6.10 Å². The molecule has 4 heteroatoms. The minimum atomic E-state index is -0.425. The van der Waals surface area contributed by atoms with Crippen LogP contribution in [0.25, 0.3) is 0 Å². The van der Waals surface area contributed by atoms with Crippen LogP contribution in [0.5, 0.6) is 0 Å². The van der Waals surface area contributed by atoms with Crippen molar-refractivity contribution in [2.45, 2.75) is 68.0 Å². The second-order valence-electron chi connectivity index (χ2n) is 5.19. The Hall–Kier alpha value is -0.340. The number of terminal acetylenes is 1. The topological polar surface area (TPSA) is 38.7 Å². The zero-order chi connectivity index (χ0) is 13.8. The summed E-state index contributed by atoms with van der Waals surface area (Å²) >= 11 is 3.63. The summed E-state index contributed by atoms with van der Waals surface area (Å²) in [5.41, 5.74) is 0. The molecule has 0 saturated carbocycles. The average molecular weight is 329 g/mol. The van der Waals surface area contributed by atoms with Crippen LogP contribution in [-0.2, 0) is 9.47 Å². The summed E-state index contributed by atoms with van der Waals surface area (Å²) in [6, 6.07) is 0. The first kappa shape index (κ1) is 15.1. The number of rotatable bonds is 3. The Labute approximate surface area is 123 Å². The van der Waals surface area contributed by atoms with Crippen LogP contribution in [0.3, 0.4) is 0 Å². The van der Waals surface area contributed by atoms with Crippen LogP contribution in [0.15, 0.2) is 12.2 Å². The maximum atomic E-state index is 10.2. The van der Waals surface area contributed by atoms with Gasteiger partial charge < -0.3 is 14.6 Å². The molecule has 0 amide bonds. The van der Waals surface area contributed by atoms with Gasteiger partial charge in [-0.05, 0) is 25.3 Å². The molecule has 2 fully saturated rings. The first-order chi connectivity index (χ1) is 9.15. The van der Waals surface area contributed by atoms with Gasteiger partial charge in [0.25, 0.3) is 0 Å². The molecule has 2 heterocycles. The third-order valence-electron chi connectivity index (χ3n) is 3.86. The van der Waals surface area contributed by atoms with Crippen molar-refractivity contribution in [1.29, 1.82) is 0 Å². The highest BCUT2D eigenvalue weighted by atomic mass is 79.9. The fraction of sp³-hybridized carbons (Fsp3) is 0.733. The minimum Gasteiger partial charge on any atom is -0.390 e. The lowest BCUT2D eigenvalue weighted by atomic mass is 9.97. The van der Waals surface area contributed by atoms with Gasteiger partial charge in [0.1, 0.15) is 0 Å². The highest BCUT2D eigenvalue weighted by Crippen LogP contribution is 2.35. The molecule has 2 rings (SSSR count). The smallest absolute Gasteiger partial charge is 0.0877 e. The van der Waals surface area contributed by atoms with Crippen LogP contribution in [-0.4, -0.2) is 40.5 Å². The van der Waals surface area contributed by atoms with Crippen molar-refractivity contribution in [2.24, 2.45) is 0 Å². The van der Waals surface area contributed by atoms with E-state index >= 15 is 0 Å². The second kappa shape index (κ2) is 6.90. The monoisotopic (exact) mass is 328 g/mol. The molecular weight excluding hydrogens is 308 g/mol. The van der Waals surface area contributed by atoms with E-state index in [0.717, 1.165) is 19.3 Å². The first-order valence-electron chi connectivity index (χ1n) is 6.89. The van der Waals surface area contributed by atoms with E-state index in [2.05, 4.69) is 28.8 Å². The standard InChI is InChI=1S/C15H21BrO3/c1-3-5-6-7-13-15-9-14(19-13)11(17)8-10(16)12(4-2)18-15/h1,5-6,10-15,17H,4,7-9H2,2H3/b6-5+/t10-,11+,12+,13+,14+,15?/m0/s1. The maximum absolute atomic E-state index is 10.2. The molecule has 0 aromatic carbocycles. The van der Waals surface area contributed by atoms with E-state index in [1.165, 1.54) is 0 Å². The number of ether oxygens (including phenoxy) is 2. The van der Waals surface area contributed by atoms with E-state index in [0.29, 0.717) is 6.42 Å².